The van der Waals surface area contributed by atoms with Gasteiger partial charge in [0.25, 0.3) is 5.69 Å². The number of fused-ring (bicyclic) bond motifs is 5. The molecule has 168 valence electrons. The third kappa shape index (κ3) is 3.51. The molecule has 5 rings (SSSR count). The highest BCUT2D eigenvalue weighted by Crippen LogP contribution is 2.53. The Bertz CT molecular complexity index is 1160. The molecule has 8 nitrogen and oxygen atoms in total. The Balaban J connectivity index is 1.46. The zero-order chi connectivity index (χ0) is 23.3. The Morgan fingerprint density at radius 2 is 1.73 bits per heavy atom. The molecular formula is C25H23N3O5. The van der Waals surface area contributed by atoms with E-state index in [1.165, 1.54) is 6.07 Å². The number of aryl methyl sites for hydroxylation is 1. The van der Waals surface area contributed by atoms with Crippen molar-refractivity contribution in [3.05, 3.63) is 81.9 Å². The summed E-state index contributed by atoms with van der Waals surface area (Å²) in [6.45, 7) is 1.62. The second kappa shape index (κ2) is 7.95. The van der Waals surface area contributed by atoms with Crippen molar-refractivity contribution < 1.29 is 19.3 Å². The first kappa shape index (κ1) is 21.1. The second-order valence-corrected chi connectivity index (χ2v) is 9.00. The molecule has 0 aromatic heterocycles. The lowest BCUT2D eigenvalue weighted by Gasteiger charge is -2.27. The third-order valence-corrected chi connectivity index (χ3v) is 7.06. The van der Waals surface area contributed by atoms with Crippen molar-refractivity contribution in [2.75, 3.05) is 5.32 Å². The molecule has 0 spiro atoms. The summed E-state index contributed by atoms with van der Waals surface area (Å²) in [6, 6.07) is 12.6. The predicted molar refractivity (Wildman–Crippen MR) is 120 cm³/mol. The fourth-order valence-electron chi connectivity index (χ4n) is 5.48. The largest absolute Gasteiger partial charge is 0.324 e. The number of carbonyl (C=O) groups excluding carboxylic acids is 3. The molecule has 2 aromatic rings. The average molecular weight is 445 g/mol. The summed E-state index contributed by atoms with van der Waals surface area (Å²) in [5.74, 6) is -1.86. The summed E-state index contributed by atoms with van der Waals surface area (Å²) in [6.07, 6.45) is 5.00. The van der Waals surface area contributed by atoms with Crippen LogP contribution in [0, 0.1) is 40.7 Å². The average Bonchev–Trinajstić information content (AvgIpc) is 3.48. The van der Waals surface area contributed by atoms with Crippen molar-refractivity contribution in [2.45, 2.75) is 25.8 Å². The highest BCUT2D eigenvalue weighted by molar-refractivity contribution is 6.11. The molecule has 1 N–H and O–H groups in total. The maximum absolute atomic E-state index is 13.4. The van der Waals surface area contributed by atoms with Gasteiger partial charge in [-0.15, -0.1) is 0 Å². The summed E-state index contributed by atoms with van der Waals surface area (Å²) in [5.41, 5.74) is 1.42. The van der Waals surface area contributed by atoms with Crippen molar-refractivity contribution in [2.24, 2.45) is 23.7 Å². The molecule has 2 fully saturated rings. The van der Waals surface area contributed by atoms with Crippen LogP contribution in [0.5, 0.6) is 0 Å². The highest BCUT2D eigenvalue weighted by atomic mass is 16.6. The van der Waals surface area contributed by atoms with Gasteiger partial charge >= 0.3 is 0 Å². The quantitative estimate of drug-likeness (QED) is 0.318. The van der Waals surface area contributed by atoms with Gasteiger partial charge in [-0.2, -0.15) is 0 Å². The van der Waals surface area contributed by atoms with Crippen LogP contribution in [0.2, 0.25) is 0 Å². The molecule has 0 radical (unpaired) electrons. The number of anilines is 1. The van der Waals surface area contributed by atoms with Gasteiger partial charge in [-0.1, -0.05) is 48.6 Å². The molecule has 0 unspecified atom stereocenters. The number of benzene rings is 2. The van der Waals surface area contributed by atoms with E-state index >= 15 is 0 Å². The van der Waals surface area contributed by atoms with E-state index in [0.717, 1.165) is 16.9 Å². The van der Waals surface area contributed by atoms with Gasteiger partial charge in [-0.3, -0.25) is 29.4 Å². The normalized spacial score (nSPS) is 25.9. The van der Waals surface area contributed by atoms with Crippen molar-refractivity contribution in [1.29, 1.82) is 0 Å². The Morgan fingerprint density at radius 3 is 2.33 bits per heavy atom. The summed E-state index contributed by atoms with van der Waals surface area (Å²) < 4.78 is 0. The molecule has 1 saturated heterocycles. The van der Waals surface area contributed by atoms with Crippen LogP contribution in [0.15, 0.2) is 60.7 Å². The Kier molecular flexibility index (Phi) is 5.08. The van der Waals surface area contributed by atoms with Gasteiger partial charge in [0.1, 0.15) is 6.04 Å². The lowest BCUT2D eigenvalue weighted by atomic mass is 9.85. The van der Waals surface area contributed by atoms with Crippen LogP contribution in [-0.4, -0.2) is 33.6 Å². The number of nitrogens with zero attached hydrogens (tertiary/aromatic N) is 2. The standard InChI is InChI=1S/C25H23N3O5/c1-14-7-10-18(13-19(14)28(32)33)26-23(29)20(11-15-5-3-2-4-6-15)27-24(30)21-16-8-9-17(12-16)22(21)25(27)31/h2-10,13,16-17,20-22H,11-12H2,1H3,(H,26,29)/t16-,17-,20-,21-,22-/m0/s1. The first-order chi connectivity index (χ1) is 15.8. The minimum atomic E-state index is -1.04. The van der Waals surface area contributed by atoms with E-state index in [1.54, 1.807) is 19.1 Å². The number of nitrogens with one attached hydrogen (secondary N) is 1. The number of allylic oxidation sites excluding steroid dienone is 2. The number of imide groups is 1. The molecule has 3 amide bonds. The van der Waals surface area contributed by atoms with E-state index in [-0.39, 0.29) is 41.4 Å². The summed E-state index contributed by atoms with van der Waals surface area (Å²) in [7, 11) is 0. The lowest BCUT2D eigenvalue weighted by Crippen LogP contribution is -2.49. The number of nitro groups is 1. The van der Waals surface area contributed by atoms with E-state index in [9.17, 15) is 24.5 Å². The lowest BCUT2D eigenvalue weighted by molar-refractivity contribution is -0.385. The van der Waals surface area contributed by atoms with Gasteiger partial charge in [-0.25, -0.2) is 0 Å². The Morgan fingerprint density at radius 1 is 1.09 bits per heavy atom. The Labute approximate surface area is 190 Å². The molecule has 1 aliphatic heterocycles. The molecule has 2 bridgehead atoms. The van der Waals surface area contributed by atoms with Gasteiger partial charge in [0.15, 0.2) is 0 Å². The van der Waals surface area contributed by atoms with Gasteiger partial charge in [0.05, 0.1) is 16.8 Å². The minimum absolute atomic E-state index is 0.0432. The van der Waals surface area contributed by atoms with Crippen LogP contribution < -0.4 is 5.32 Å². The fourth-order valence-corrected chi connectivity index (χ4v) is 5.48. The third-order valence-electron chi connectivity index (χ3n) is 7.06. The van der Waals surface area contributed by atoms with Crippen LogP contribution in [0.3, 0.4) is 0 Å². The van der Waals surface area contributed by atoms with E-state index < -0.39 is 28.7 Å². The van der Waals surface area contributed by atoms with Gasteiger partial charge in [0.2, 0.25) is 17.7 Å². The van der Waals surface area contributed by atoms with Crippen molar-refractivity contribution in [3.8, 4) is 0 Å². The van der Waals surface area contributed by atoms with Gasteiger partial charge in [0, 0.05) is 23.7 Å². The van der Waals surface area contributed by atoms with Crippen LogP contribution >= 0.6 is 0 Å². The van der Waals surface area contributed by atoms with E-state index in [2.05, 4.69) is 5.32 Å². The highest BCUT2D eigenvalue weighted by Gasteiger charge is 2.61. The fraction of sp³-hybridized carbons (Fsp3) is 0.320. The maximum Gasteiger partial charge on any atom is 0.274 e. The van der Waals surface area contributed by atoms with Crippen LogP contribution in [0.4, 0.5) is 11.4 Å². The smallest absolute Gasteiger partial charge is 0.274 e. The van der Waals surface area contributed by atoms with Crippen LogP contribution in [-0.2, 0) is 20.8 Å². The number of carbonyl (C=O) groups is 3. The molecule has 2 aromatic carbocycles. The molecule has 8 heteroatoms. The van der Waals surface area contributed by atoms with E-state index in [4.69, 9.17) is 0 Å². The number of likely N-dealkylation sites (tertiary alicyclic amines) is 1. The topological polar surface area (TPSA) is 110 Å². The SMILES string of the molecule is Cc1ccc(NC(=O)[C@H](Cc2ccccc2)N2C(=O)[C@@H]3[C@@H](C2=O)[C@H]2C=C[C@H]3C2)cc1[N+](=O)[O-]. The molecule has 1 heterocycles. The zero-order valence-electron chi connectivity index (χ0n) is 18.0. The number of amides is 3. The molecule has 2 aliphatic carbocycles. The van der Waals surface area contributed by atoms with Crippen LogP contribution in [0.25, 0.3) is 0 Å². The number of hydrogen-bond acceptors (Lipinski definition) is 5. The van der Waals surface area contributed by atoms with Gasteiger partial charge in [-0.05, 0) is 36.8 Å². The van der Waals surface area contributed by atoms with Gasteiger partial charge < -0.3 is 5.32 Å². The molecule has 5 atom stereocenters. The van der Waals surface area contributed by atoms with Crippen molar-refractivity contribution in [3.63, 3.8) is 0 Å². The number of rotatable bonds is 6. The molecule has 3 aliphatic rings. The maximum atomic E-state index is 13.4. The Hall–Kier alpha value is -3.81. The predicted octanol–water partition coefficient (Wildman–Crippen LogP) is 3.26. The molecule has 33 heavy (non-hydrogen) atoms. The summed E-state index contributed by atoms with van der Waals surface area (Å²) >= 11 is 0. The minimum Gasteiger partial charge on any atom is -0.324 e. The number of hydrogen-bond donors (Lipinski definition) is 1. The van der Waals surface area contributed by atoms with Crippen molar-refractivity contribution >= 4 is 29.1 Å². The van der Waals surface area contributed by atoms with Crippen LogP contribution in [0.1, 0.15) is 17.5 Å². The molecule has 1 saturated carbocycles. The monoisotopic (exact) mass is 445 g/mol. The molecular weight excluding hydrogens is 422 g/mol. The number of nitro benzene ring substituents is 1. The second-order valence-electron chi connectivity index (χ2n) is 9.00. The summed E-state index contributed by atoms with van der Waals surface area (Å²) in [4.78, 5) is 52.1. The van der Waals surface area contributed by atoms with E-state index in [1.807, 2.05) is 42.5 Å². The van der Waals surface area contributed by atoms with E-state index in [0.29, 0.717) is 5.56 Å². The first-order valence-electron chi connectivity index (χ1n) is 11.0. The first-order valence-corrected chi connectivity index (χ1v) is 11.0. The summed E-state index contributed by atoms with van der Waals surface area (Å²) in [5, 5.41) is 14.0. The van der Waals surface area contributed by atoms with Crippen molar-refractivity contribution in [1.82, 2.24) is 4.90 Å². The zero-order valence-corrected chi connectivity index (χ0v) is 18.0.